The molecule has 112 valence electrons. The minimum absolute atomic E-state index is 0.183. The van der Waals surface area contributed by atoms with Gasteiger partial charge in [0.25, 0.3) is 0 Å². The molecule has 0 atom stereocenters. The van der Waals surface area contributed by atoms with Gasteiger partial charge in [-0.1, -0.05) is 0 Å². The summed E-state index contributed by atoms with van der Waals surface area (Å²) in [5.41, 5.74) is 0. The van der Waals surface area contributed by atoms with Crippen LogP contribution >= 0.6 is 11.6 Å². The van der Waals surface area contributed by atoms with Gasteiger partial charge in [0.05, 0.1) is 19.6 Å². The first-order chi connectivity index (χ1) is 9.69. The van der Waals surface area contributed by atoms with Crippen LogP contribution in [-0.4, -0.2) is 43.7 Å². The minimum atomic E-state index is 0.183. The molecule has 1 fully saturated rings. The number of amides is 1. The van der Waals surface area contributed by atoms with Crippen molar-refractivity contribution in [2.45, 2.75) is 31.8 Å². The number of methoxy groups -OCH3 is 1. The molecule has 0 bridgehead atoms. The second-order valence-electron chi connectivity index (χ2n) is 4.98. The third-order valence-corrected chi connectivity index (χ3v) is 3.76. The van der Waals surface area contributed by atoms with Crippen molar-refractivity contribution >= 4 is 17.5 Å². The van der Waals surface area contributed by atoms with Crippen LogP contribution in [0.5, 0.6) is 0 Å². The highest BCUT2D eigenvalue weighted by Crippen LogP contribution is 2.15. The van der Waals surface area contributed by atoms with Crippen molar-refractivity contribution in [3.8, 4) is 0 Å². The van der Waals surface area contributed by atoms with Crippen molar-refractivity contribution in [1.29, 1.82) is 0 Å². The Hall–Kier alpha value is -1.04. The van der Waals surface area contributed by atoms with Gasteiger partial charge in [-0.15, -0.1) is 0 Å². The number of nitrogens with zero attached hydrogens (tertiary/aromatic N) is 1. The smallest absolute Gasteiger partial charge is 0.224 e. The third-order valence-electron chi connectivity index (χ3n) is 3.56. The average Bonchev–Trinajstić information content (AvgIpc) is 2.89. The Balaban J connectivity index is 1.67. The van der Waals surface area contributed by atoms with E-state index in [0.29, 0.717) is 30.8 Å². The zero-order chi connectivity index (χ0) is 14.4. The highest BCUT2D eigenvalue weighted by Gasteiger charge is 2.22. The maximum absolute atomic E-state index is 11.8. The van der Waals surface area contributed by atoms with Crippen LogP contribution < -0.4 is 5.32 Å². The third kappa shape index (κ3) is 4.51. The second kappa shape index (κ2) is 7.67. The zero-order valence-electron chi connectivity index (χ0n) is 11.7. The summed E-state index contributed by atoms with van der Waals surface area (Å²) in [7, 11) is 1.62. The van der Waals surface area contributed by atoms with Gasteiger partial charge in [-0.2, -0.15) is 0 Å². The second-order valence-corrected chi connectivity index (χ2v) is 5.36. The van der Waals surface area contributed by atoms with Crippen molar-refractivity contribution in [1.82, 2.24) is 10.2 Å². The number of nitrogens with one attached hydrogen (secondary N) is 1. The Bertz CT molecular complexity index is 428. The number of carbonyl (C=O) groups is 1. The molecule has 2 rings (SSSR count). The van der Waals surface area contributed by atoms with Crippen molar-refractivity contribution in [3.05, 3.63) is 23.1 Å². The van der Waals surface area contributed by atoms with Crippen LogP contribution in [0.1, 0.15) is 25.0 Å². The van der Waals surface area contributed by atoms with Gasteiger partial charge >= 0.3 is 0 Å². The molecule has 1 aromatic rings. The van der Waals surface area contributed by atoms with Crippen molar-refractivity contribution in [2.75, 3.05) is 26.8 Å². The number of carbonyl (C=O) groups excluding carboxylic acids is 1. The Kier molecular flexibility index (Phi) is 5.88. The number of ether oxygens (including phenoxy) is 1. The van der Waals surface area contributed by atoms with E-state index in [1.54, 1.807) is 13.2 Å². The fourth-order valence-corrected chi connectivity index (χ4v) is 2.53. The van der Waals surface area contributed by atoms with Gasteiger partial charge in [0.1, 0.15) is 5.76 Å². The lowest BCUT2D eigenvalue weighted by Crippen LogP contribution is -2.44. The number of likely N-dealkylation sites (tertiary alicyclic amines) is 1. The number of hydrogen-bond donors (Lipinski definition) is 1. The normalized spacial score (nSPS) is 16.6. The monoisotopic (exact) mass is 300 g/mol. The molecular formula is C14H21ClN2O3. The maximum Gasteiger partial charge on any atom is 0.224 e. The van der Waals surface area contributed by atoms with Gasteiger partial charge in [-0.05, 0) is 36.6 Å². The Morgan fingerprint density at radius 2 is 2.25 bits per heavy atom. The first-order valence-electron chi connectivity index (χ1n) is 6.93. The van der Waals surface area contributed by atoms with Gasteiger partial charge in [-0.3, -0.25) is 4.79 Å². The lowest BCUT2D eigenvalue weighted by molar-refractivity contribution is -0.133. The number of hydrogen-bond acceptors (Lipinski definition) is 4. The first kappa shape index (κ1) is 15.4. The van der Waals surface area contributed by atoms with Crippen molar-refractivity contribution in [2.24, 2.45) is 0 Å². The summed E-state index contributed by atoms with van der Waals surface area (Å²) < 4.78 is 10.2. The van der Waals surface area contributed by atoms with E-state index in [1.165, 1.54) is 0 Å². The van der Waals surface area contributed by atoms with Gasteiger partial charge < -0.3 is 19.4 Å². The molecule has 1 N–H and O–H groups in total. The topological polar surface area (TPSA) is 54.7 Å². The molecular weight excluding hydrogens is 280 g/mol. The van der Waals surface area contributed by atoms with Crippen LogP contribution in [0.15, 0.2) is 16.5 Å². The average molecular weight is 301 g/mol. The van der Waals surface area contributed by atoms with Gasteiger partial charge in [0, 0.05) is 26.2 Å². The van der Waals surface area contributed by atoms with Crippen molar-refractivity contribution < 1.29 is 13.9 Å². The molecule has 0 spiro atoms. The molecule has 0 saturated carbocycles. The van der Waals surface area contributed by atoms with Crippen LogP contribution in [0.4, 0.5) is 0 Å². The van der Waals surface area contributed by atoms with Gasteiger partial charge in [0.2, 0.25) is 5.91 Å². The van der Waals surface area contributed by atoms with Gasteiger partial charge in [-0.25, -0.2) is 0 Å². The predicted molar refractivity (Wildman–Crippen MR) is 76.7 cm³/mol. The van der Waals surface area contributed by atoms with E-state index in [4.69, 9.17) is 20.8 Å². The highest BCUT2D eigenvalue weighted by molar-refractivity contribution is 6.28. The molecule has 0 aliphatic carbocycles. The van der Waals surface area contributed by atoms with E-state index in [0.717, 1.165) is 31.7 Å². The van der Waals surface area contributed by atoms with E-state index in [2.05, 4.69) is 5.32 Å². The van der Waals surface area contributed by atoms with Crippen LogP contribution in [0, 0.1) is 0 Å². The Morgan fingerprint density at radius 3 is 2.85 bits per heavy atom. The molecule has 1 aliphatic rings. The maximum atomic E-state index is 11.8. The predicted octanol–water partition coefficient (Wildman–Crippen LogP) is 2.05. The molecule has 0 aromatic carbocycles. The molecule has 20 heavy (non-hydrogen) atoms. The zero-order valence-corrected chi connectivity index (χ0v) is 12.5. The summed E-state index contributed by atoms with van der Waals surface area (Å²) in [5, 5.41) is 3.86. The van der Waals surface area contributed by atoms with Crippen LogP contribution in [0.2, 0.25) is 5.22 Å². The van der Waals surface area contributed by atoms with E-state index >= 15 is 0 Å². The molecule has 2 heterocycles. The Morgan fingerprint density at radius 1 is 1.50 bits per heavy atom. The lowest BCUT2D eigenvalue weighted by atomic mass is 10.0. The van der Waals surface area contributed by atoms with E-state index in [-0.39, 0.29) is 5.91 Å². The quantitative estimate of drug-likeness (QED) is 0.873. The van der Waals surface area contributed by atoms with Gasteiger partial charge in [0.15, 0.2) is 5.22 Å². The largest absolute Gasteiger partial charge is 0.448 e. The number of furan rings is 1. The minimum Gasteiger partial charge on any atom is -0.448 e. The van der Waals surface area contributed by atoms with Crippen LogP contribution in [0.3, 0.4) is 0 Å². The van der Waals surface area contributed by atoms with Crippen LogP contribution in [0.25, 0.3) is 0 Å². The first-order valence-corrected chi connectivity index (χ1v) is 7.31. The summed E-state index contributed by atoms with van der Waals surface area (Å²) >= 11 is 5.73. The molecule has 6 heteroatoms. The molecule has 0 radical (unpaired) electrons. The molecule has 5 nitrogen and oxygen atoms in total. The number of rotatable bonds is 6. The summed E-state index contributed by atoms with van der Waals surface area (Å²) in [6.45, 7) is 2.78. The van der Waals surface area contributed by atoms with E-state index in [9.17, 15) is 4.79 Å². The lowest BCUT2D eigenvalue weighted by Gasteiger charge is -2.32. The fraction of sp³-hybridized carbons (Fsp3) is 0.643. The van der Waals surface area contributed by atoms with Crippen LogP contribution in [-0.2, 0) is 16.1 Å². The van der Waals surface area contributed by atoms with Crippen molar-refractivity contribution in [3.63, 3.8) is 0 Å². The fourth-order valence-electron chi connectivity index (χ4n) is 2.37. The standard InChI is InChI=1S/C14H21ClN2O3/c1-19-9-6-14(18)17-7-4-11(5-8-17)16-10-12-2-3-13(15)20-12/h2-3,11,16H,4-10H2,1H3. The molecule has 1 amide bonds. The molecule has 0 unspecified atom stereocenters. The van der Waals surface area contributed by atoms with E-state index < -0.39 is 0 Å². The SMILES string of the molecule is COCCC(=O)N1CCC(NCc2ccc(Cl)o2)CC1. The summed E-state index contributed by atoms with van der Waals surface area (Å²) in [6.07, 6.45) is 2.40. The Labute approximate surface area is 124 Å². The van der Waals surface area contributed by atoms with E-state index in [1.807, 2.05) is 11.0 Å². The summed E-state index contributed by atoms with van der Waals surface area (Å²) in [5.74, 6) is 1.02. The summed E-state index contributed by atoms with van der Waals surface area (Å²) in [6, 6.07) is 4.04. The number of halogens is 1. The molecule has 1 aliphatic heterocycles. The molecule has 1 saturated heterocycles. The molecule has 1 aromatic heterocycles. The number of piperidine rings is 1. The summed E-state index contributed by atoms with van der Waals surface area (Å²) in [4.78, 5) is 13.8. The highest BCUT2D eigenvalue weighted by atomic mass is 35.5.